The lowest BCUT2D eigenvalue weighted by atomic mass is 10.1. The largest absolute Gasteiger partial charge is 0.508 e. The molecule has 1 amide bonds. The van der Waals surface area contributed by atoms with E-state index in [9.17, 15) is 14.7 Å². The minimum absolute atomic E-state index is 0.158. The summed E-state index contributed by atoms with van der Waals surface area (Å²) in [5.74, 6) is -0.732. The highest BCUT2D eigenvalue weighted by Crippen LogP contribution is 2.10. The molecule has 2 N–H and O–H groups in total. The maximum atomic E-state index is 12.0. The molecule has 0 unspecified atom stereocenters. The van der Waals surface area contributed by atoms with Crippen LogP contribution in [-0.2, 0) is 20.7 Å². The van der Waals surface area contributed by atoms with E-state index in [1.807, 2.05) is 30.3 Å². The van der Waals surface area contributed by atoms with Gasteiger partial charge in [-0.05, 0) is 29.3 Å². The molecule has 24 heavy (non-hydrogen) atoms. The molecule has 0 spiro atoms. The molecule has 2 aromatic rings. The van der Waals surface area contributed by atoms with Gasteiger partial charge in [-0.3, -0.25) is 4.79 Å². The molecule has 0 bridgehead atoms. The van der Waals surface area contributed by atoms with Crippen molar-refractivity contribution >= 4 is 18.0 Å². The molecule has 0 radical (unpaired) electrons. The number of hydrogen-bond acceptors (Lipinski definition) is 4. The number of hydrogen-bond donors (Lipinski definition) is 2. The van der Waals surface area contributed by atoms with Crippen molar-refractivity contribution in [2.45, 2.75) is 12.5 Å². The molecule has 1 atom stereocenters. The second-order valence-electron chi connectivity index (χ2n) is 5.20. The van der Waals surface area contributed by atoms with Crippen LogP contribution in [0.1, 0.15) is 11.1 Å². The summed E-state index contributed by atoms with van der Waals surface area (Å²) in [6, 6.07) is 15.1. The number of carbonyl (C=O) groups excluding carboxylic acids is 2. The van der Waals surface area contributed by atoms with Crippen LogP contribution in [0.4, 0.5) is 0 Å². The Bertz CT molecular complexity index is 708. The molecule has 0 saturated carbocycles. The first kappa shape index (κ1) is 17.3. The van der Waals surface area contributed by atoms with Crippen molar-refractivity contribution in [1.29, 1.82) is 0 Å². The predicted octanol–water partition coefficient (Wildman–Crippen LogP) is 2.31. The third-order valence-corrected chi connectivity index (χ3v) is 3.41. The van der Waals surface area contributed by atoms with Gasteiger partial charge in [0.2, 0.25) is 5.91 Å². The molecule has 0 aliphatic heterocycles. The van der Waals surface area contributed by atoms with E-state index in [0.29, 0.717) is 6.42 Å². The van der Waals surface area contributed by atoms with Crippen molar-refractivity contribution in [2.75, 3.05) is 7.11 Å². The Kier molecular flexibility index (Phi) is 6.14. The summed E-state index contributed by atoms with van der Waals surface area (Å²) in [5.41, 5.74) is 1.69. The maximum Gasteiger partial charge on any atom is 0.328 e. The second kappa shape index (κ2) is 8.53. The van der Waals surface area contributed by atoms with Crippen LogP contribution in [0.2, 0.25) is 0 Å². The van der Waals surface area contributed by atoms with Gasteiger partial charge in [0.15, 0.2) is 0 Å². The van der Waals surface area contributed by atoms with Gasteiger partial charge in [-0.1, -0.05) is 42.5 Å². The molecule has 0 heterocycles. The summed E-state index contributed by atoms with van der Waals surface area (Å²) >= 11 is 0. The van der Waals surface area contributed by atoms with Gasteiger partial charge in [0, 0.05) is 12.5 Å². The van der Waals surface area contributed by atoms with E-state index in [1.54, 1.807) is 18.2 Å². The Morgan fingerprint density at radius 1 is 1.12 bits per heavy atom. The fourth-order valence-electron chi connectivity index (χ4n) is 2.16. The first-order valence-electron chi connectivity index (χ1n) is 7.48. The molecule has 5 heteroatoms. The number of phenols is 1. The van der Waals surface area contributed by atoms with E-state index >= 15 is 0 Å². The minimum Gasteiger partial charge on any atom is -0.508 e. The number of nitrogens with one attached hydrogen (secondary N) is 1. The molecule has 0 saturated heterocycles. The summed E-state index contributed by atoms with van der Waals surface area (Å²) < 4.78 is 4.76. The summed E-state index contributed by atoms with van der Waals surface area (Å²) in [6.07, 6.45) is 3.30. The number of amides is 1. The molecule has 124 valence electrons. The van der Waals surface area contributed by atoms with Crippen LogP contribution < -0.4 is 5.32 Å². The van der Waals surface area contributed by atoms with Gasteiger partial charge in [0.25, 0.3) is 0 Å². The zero-order chi connectivity index (χ0) is 17.4. The van der Waals surface area contributed by atoms with E-state index in [4.69, 9.17) is 4.74 Å². The zero-order valence-electron chi connectivity index (χ0n) is 13.3. The summed E-state index contributed by atoms with van der Waals surface area (Å²) in [6.45, 7) is 0. The standard InChI is InChI=1S/C19H19NO4/c1-24-19(23)17(13-15-5-3-2-4-6-15)20-18(22)12-9-14-7-10-16(21)11-8-14/h2-12,17,21H,13H2,1H3,(H,20,22)/t17-/m0/s1. The van der Waals surface area contributed by atoms with E-state index in [1.165, 1.54) is 25.3 Å². The van der Waals surface area contributed by atoms with Crippen LogP contribution in [-0.4, -0.2) is 30.1 Å². The smallest absolute Gasteiger partial charge is 0.328 e. The number of benzene rings is 2. The van der Waals surface area contributed by atoms with Gasteiger partial charge >= 0.3 is 5.97 Å². The summed E-state index contributed by atoms with van der Waals surface area (Å²) in [5, 5.41) is 11.9. The van der Waals surface area contributed by atoms with Gasteiger partial charge in [0.1, 0.15) is 11.8 Å². The molecule has 5 nitrogen and oxygen atoms in total. The van der Waals surface area contributed by atoms with Gasteiger partial charge in [-0.15, -0.1) is 0 Å². The monoisotopic (exact) mass is 325 g/mol. The van der Waals surface area contributed by atoms with Crippen molar-refractivity contribution < 1.29 is 19.4 Å². The average Bonchev–Trinajstić information content (AvgIpc) is 2.61. The number of esters is 1. The van der Waals surface area contributed by atoms with Crippen molar-refractivity contribution in [3.63, 3.8) is 0 Å². The Morgan fingerprint density at radius 2 is 1.79 bits per heavy atom. The van der Waals surface area contributed by atoms with Crippen LogP contribution in [0, 0.1) is 0 Å². The lowest BCUT2D eigenvalue weighted by Crippen LogP contribution is -2.42. The second-order valence-corrected chi connectivity index (χ2v) is 5.20. The quantitative estimate of drug-likeness (QED) is 0.631. The van der Waals surface area contributed by atoms with Crippen LogP contribution in [0.25, 0.3) is 6.08 Å². The fourth-order valence-corrected chi connectivity index (χ4v) is 2.16. The molecule has 0 aromatic heterocycles. The van der Waals surface area contributed by atoms with E-state index < -0.39 is 17.9 Å². The van der Waals surface area contributed by atoms with Crippen molar-refractivity contribution in [1.82, 2.24) is 5.32 Å². The molecular weight excluding hydrogens is 306 g/mol. The number of phenolic OH excluding ortho intramolecular Hbond substituents is 1. The van der Waals surface area contributed by atoms with Crippen LogP contribution in [0.3, 0.4) is 0 Å². The predicted molar refractivity (Wildman–Crippen MR) is 91.2 cm³/mol. The Labute approximate surface area is 140 Å². The average molecular weight is 325 g/mol. The van der Waals surface area contributed by atoms with Crippen molar-refractivity contribution in [3.8, 4) is 5.75 Å². The van der Waals surface area contributed by atoms with E-state index in [2.05, 4.69) is 5.32 Å². The molecule has 0 aliphatic rings. The number of ether oxygens (including phenoxy) is 1. The van der Waals surface area contributed by atoms with E-state index in [0.717, 1.165) is 11.1 Å². The third-order valence-electron chi connectivity index (χ3n) is 3.41. The molecule has 2 aromatic carbocycles. The number of methoxy groups -OCH3 is 1. The first-order chi connectivity index (χ1) is 11.6. The SMILES string of the molecule is COC(=O)[C@H](Cc1ccccc1)NC(=O)C=Cc1ccc(O)cc1. The van der Waals surface area contributed by atoms with Gasteiger partial charge in [-0.25, -0.2) is 4.79 Å². The highest BCUT2D eigenvalue weighted by Gasteiger charge is 2.20. The lowest BCUT2D eigenvalue weighted by Gasteiger charge is -2.15. The van der Waals surface area contributed by atoms with Crippen LogP contribution in [0.5, 0.6) is 5.75 Å². The van der Waals surface area contributed by atoms with Gasteiger partial charge < -0.3 is 15.2 Å². The van der Waals surface area contributed by atoms with Crippen molar-refractivity contribution in [2.24, 2.45) is 0 Å². The fraction of sp³-hybridized carbons (Fsp3) is 0.158. The Balaban J connectivity index is 2.01. The topological polar surface area (TPSA) is 75.6 Å². The van der Waals surface area contributed by atoms with Gasteiger partial charge in [-0.2, -0.15) is 0 Å². The minimum atomic E-state index is -0.755. The third kappa shape index (κ3) is 5.28. The molecule has 2 rings (SSSR count). The molecular formula is C19H19NO4. The first-order valence-corrected chi connectivity index (χ1v) is 7.48. The Hall–Kier alpha value is -3.08. The number of carbonyl (C=O) groups is 2. The number of rotatable bonds is 6. The lowest BCUT2D eigenvalue weighted by molar-refractivity contribution is -0.144. The zero-order valence-corrected chi connectivity index (χ0v) is 13.3. The molecule has 0 aliphatic carbocycles. The van der Waals surface area contributed by atoms with Gasteiger partial charge in [0.05, 0.1) is 7.11 Å². The molecule has 0 fully saturated rings. The van der Waals surface area contributed by atoms with Crippen LogP contribution >= 0.6 is 0 Å². The highest BCUT2D eigenvalue weighted by atomic mass is 16.5. The van der Waals surface area contributed by atoms with Crippen molar-refractivity contribution in [3.05, 3.63) is 71.8 Å². The Morgan fingerprint density at radius 3 is 2.42 bits per heavy atom. The number of aromatic hydroxyl groups is 1. The van der Waals surface area contributed by atoms with E-state index in [-0.39, 0.29) is 5.75 Å². The maximum absolute atomic E-state index is 12.0. The highest BCUT2D eigenvalue weighted by molar-refractivity contribution is 5.94. The van der Waals surface area contributed by atoms with Crippen LogP contribution in [0.15, 0.2) is 60.7 Å². The summed E-state index contributed by atoms with van der Waals surface area (Å²) in [7, 11) is 1.29. The normalized spacial score (nSPS) is 11.9. The summed E-state index contributed by atoms with van der Waals surface area (Å²) in [4.78, 5) is 23.9.